The molecule has 0 aliphatic carbocycles. The summed E-state index contributed by atoms with van der Waals surface area (Å²) in [6.07, 6.45) is 1.46. The Kier molecular flexibility index (Phi) is 8.66. The van der Waals surface area contributed by atoms with E-state index in [0.29, 0.717) is 22.8 Å². The number of amides is 1. The first-order chi connectivity index (χ1) is 16.4. The minimum atomic E-state index is -0.537. The summed E-state index contributed by atoms with van der Waals surface area (Å²) < 4.78 is 30.3. The molecule has 0 aromatic heterocycles. The molecule has 3 aromatic carbocycles. The van der Waals surface area contributed by atoms with Crippen molar-refractivity contribution < 1.29 is 23.4 Å². The summed E-state index contributed by atoms with van der Waals surface area (Å²) in [6, 6.07) is 18.5. The first-order valence-electron chi connectivity index (χ1n) is 10.2. The first-order valence-corrected chi connectivity index (χ1v) is 11.0. The lowest BCUT2D eigenvalue weighted by atomic mass is 10.1. The maximum atomic E-state index is 13.1. The van der Waals surface area contributed by atoms with Crippen molar-refractivity contribution in [2.45, 2.75) is 13.2 Å². The van der Waals surface area contributed by atoms with Gasteiger partial charge in [0.1, 0.15) is 41.3 Å². The van der Waals surface area contributed by atoms with Gasteiger partial charge >= 0.3 is 0 Å². The van der Waals surface area contributed by atoms with E-state index in [9.17, 15) is 14.4 Å². The van der Waals surface area contributed by atoms with Crippen molar-refractivity contribution >= 4 is 27.9 Å². The van der Waals surface area contributed by atoms with E-state index in [2.05, 4.69) is 21.2 Å². The minimum absolute atomic E-state index is 0.0859. The fourth-order valence-electron chi connectivity index (χ4n) is 3.08. The van der Waals surface area contributed by atoms with Crippen LogP contribution in [0.25, 0.3) is 6.08 Å². The third kappa shape index (κ3) is 6.59. The summed E-state index contributed by atoms with van der Waals surface area (Å²) in [5.41, 5.74) is 1.98. The lowest BCUT2D eigenvalue weighted by Crippen LogP contribution is -2.24. The van der Waals surface area contributed by atoms with Gasteiger partial charge < -0.3 is 19.5 Å². The van der Waals surface area contributed by atoms with Gasteiger partial charge in [-0.25, -0.2) is 4.39 Å². The van der Waals surface area contributed by atoms with Crippen molar-refractivity contribution in [1.82, 2.24) is 5.32 Å². The molecule has 0 spiro atoms. The van der Waals surface area contributed by atoms with E-state index in [1.54, 1.807) is 55.6 Å². The number of hydrogen-bond acceptors (Lipinski definition) is 5. The molecule has 1 amide bonds. The molecule has 0 unspecified atom stereocenters. The highest BCUT2D eigenvalue weighted by Gasteiger charge is 2.13. The Morgan fingerprint density at radius 1 is 1.06 bits per heavy atom. The predicted molar refractivity (Wildman–Crippen MR) is 130 cm³/mol. The number of ether oxygens (including phenoxy) is 3. The van der Waals surface area contributed by atoms with Gasteiger partial charge in [-0.1, -0.05) is 28.1 Å². The highest BCUT2D eigenvalue weighted by Crippen LogP contribution is 2.27. The van der Waals surface area contributed by atoms with Gasteiger partial charge in [-0.3, -0.25) is 4.79 Å². The molecule has 3 aromatic rings. The number of nitrogens with one attached hydrogen (secondary N) is 1. The molecule has 0 aliphatic heterocycles. The van der Waals surface area contributed by atoms with Crippen molar-refractivity contribution in [3.8, 4) is 23.3 Å². The Morgan fingerprint density at radius 2 is 1.82 bits per heavy atom. The van der Waals surface area contributed by atoms with Crippen LogP contribution in [-0.2, 0) is 17.9 Å². The van der Waals surface area contributed by atoms with Crippen LogP contribution >= 0.6 is 15.9 Å². The Labute approximate surface area is 205 Å². The third-order valence-electron chi connectivity index (χ3n) is 4.88. The van der Waals surface area contributed by atoms with Crippen LogP contribution in [0.3, 0.4) is 0 Å². The molecule has 0 bridgehead atoms. The Balaban J connectivity index is 1.76. The SMILES string of the molecule is COc1ccc(CNC(=O)/C(C#N)=C/c2cc(Br)ccc2OCc2ccc(F)cc2)c(OC)c1. The number of halogens is 2. The monoisotopic (exact) mass is 524 g/mol. The summed E-state index contributed by atoms with van der Waals surface area (Å²) in [5, 5.41) is 12.4. The minimum Gasteiger partial charge on any atom is -0.497 e. The summed E-state index contributed by atoms with van der Waals surface area (Å²) in [7, 11) is 3.08. The van der Waals surface area contributed by atoms with Crippen molar-refractivity contribution in [1.29, 1.82) is 5.26 Å². The average molecular weight is 525 g/mol. The summed E-state index contributed by atoms with van der Waals surface area (Å²) in [6.45, 7) is 0.367. The zero-order valence-corrected chi connectivity index (χ0v) is 20.2. The molecular formula is C26H22BrFN2O4. The number of benzene rings is 3. The fourth-order valence-corrected chi connectivity index (χ4v) is 3.46. The normalized spacial score (nSPS) is 10.9. The number of rotatable bonds is 9. The van der Waals surface area contributed by atoms with Crippen molar-refractivity contribution in [3.63, 3.8) is 0 Å². The van der Waals surface area contributed by atoms with Crippen molar-refractivity contribution in [2.24, 2.45) is 0 Å². The molecular weight excluding hydrogens is 503 g/mol. The van der Waals surface area contributed by atoms with Crippen LogP contribution in [-0.4, -0.2) is 20.1 Å². The lowest BCUT2D eigenvalue weighted by Gasteiger charge is -2.12. The van der Waals surface area contributed by atoms with E-state index < -0.39 is 5.91 Å². The molecule has 0 saturated carbocycles. The molecule has 174 valence electrons. The molecule has 0 fully saturated rings. The zero-order valence-electron chi connectivity index (χ0n) is 18.6. The van der Waals surface area contributed by atoms with Crippen LogP contribution < -0.4 is 19.5 Å². The Morgan fingerprint density at radius 3 is 2.50 bits per heavy atom. The fraction of sp³-hybridized carbons (Fsp3) is 0.154. The summed E-state index contributed by atoms with van der Waals surface area (Å²) in [4.78, 5) is 12.7. The van der Waals surface area contributed by atoms with E-state index in [1.807, 2.05) is 6.07 Å². The highest BCUT2D eigenvalue weighted by molar-refractivity contribution is 9.10. The smallest absolute Gasteiger partial charge is 0.262 e. The van der Waals surface area contributed by atoms with E-state index in [1.165, 1.54) is 25.3 Å². The molecule has 3 rings (SSSR count). The molecule has 6 nitrogen and oxygen atoms in total. The molecule has 0 saturated heterocycles. The number of carbonyl (C=O) groups excluding carboxylic acids is 1. The van der Waals surface area contributed by atoms with E-state index >= 15 is 0 Å². The lowest BCUT2D eigenvalue weighted by molar-refractivity contribution is -0.117. The summed E-state index contributed by atoms with van der Waals surface area (Å²) >= 11 is 3.40. The van der Waals surface area contributed by atoms with Gasteiger partial charge in [0, 0.05) is 28.2 Å². The molecule has 0 heterocycles. The van der Waals surface area contributed by atoms with Crippen LogP contribution in [0.5, 0.6) is 17.2 Å². The van der Waals surface area contributed by atoms with Crippen LogP contribution in [0.1, 0.15) is 16.7 Å². The maximum Gasteiger partial charge on any atom is 0.262 e. The number of carbonyl (C=O) groups is 1. The molecule has 0 atom stereocenters. The number of nitriles is 1. The molecule has 34 heavy (non-hydrogen) atoms. The largest absolute Gasteiger partial charge is 0.497 e. The second-order valence-corrected chi connectivity index (χ2v) is 8.04. The van der Waals surface area contributed by atoms with Crippen LogP contribution in [0.15, 0.2) is 70.7 Å². The van der Waals surface area contributed by atoms with Crippen LogP contribution in [0.4, 0.5) is 4.39 Å². The Bertz CT molecular complexity index is 1240. The van der Waals surface area contributed by atoms with Gasteiger partial charge in [0.05, 0.1) is 14.2 Å². The first kappa shape index (κ1) is 24.8. The van der Waals surface area contributed by atoms with Crippen molar-refractivity contribution in [3.05, 3.63) is 93.2 Å². The quantitative estimate of drug-likeness (QED) is 0.299. The number of methoxy groups -OCH3 is 2. The van der Waals surface area contributed by atoms with Gasteiger partial charge in [0.2, 0.25) is 0 Å². The third-order valence-corrected chi connectivity index (χ3v) is 5.37. The standard InChI is InChI=1S/C26H22BrFN2O4/c1-32-23-9-5-18(25(13-23)33-2)15-30-26(31)20(14-29)11-19-12-21(27)6-10-24(19)34-16-17-3-7-22(28)8-4-17/h3-13H,15-16H2,1-2H3,(H,30,31)/b20-11+. The van der Waals surface area contributed by atoms with Gasteiger partial charge in [-0.2, -0.15) is 5.26 Å². The molecule has 0 aliphatic rings. The highest BCUT2D eigenvalue weighted by atomic mass is 79.9. The van der Waals surface area contributed by atoms with Gasteiger partial charge in [-0.05, 0) is 54.1 Å². The number of hydrogen-bond donors (Lipinski definition) is 1. The second-order valence-electron chi connectivity index (χ2n) is 7.13. The Hall–Kier alpha value is -3.83. The van der Waals surface area contributed by atoms with Gasteiger partial charge in [-0.15, -0.1) is 0 Å². The predicted octanol–water partition coefficient (Wildman–Crippen LogP) is 5.41. The molecule has 8 heteroatoms. The van der Waals surface area contributed by atoms with Crippen LogP contribution in [0, 0.1) is 17.1 Å². The van der Waals surface area contributed by atoms with Crippen LogP contribution in [0.2, 0.25) is 0 Å². The second kappa shape index (κ2) is 11.9. The van der Waals surface area contributed by atoms with E-state index in [4.69, 9.17) is 14.2 Å². The average Bonchev–Trinajstić information content (AvgIpc) is 2.86. The molecule has 0 radical (unpaired) electrons. The van der Waals surface area contributed by atoms with E-state index in [0.717, 1.165) is 15.6 Å². The zero-order chi connectivity index (χ0) is 24.5. The maximum absolute atomic E-state index is 13.1. The van der Waals surface area contributed by atoms with E-state index in [-0.39, 0.29) is 24.5 Å². The van der Waals surface area contributed by atoms with Crippen molar-refractivity contribution in [2.75, 3.05) is 14.2 Å². The van der Waals surface area contributed by atoms with Gasteiger partial charge in [0.15, 0.2) is 0 Å². The van der Waals surface area contributed by atoms with Gasteiger partial charge in [0.25, 0.3) is 5.91 Å². The molecule has 1 N–H and O–H groups in total. The topological polar surface area (TPSA) is 80.6 Å². The summed E-state index contributed by atoms with van der Waals surface area (Å²) in [5.74, 6) is 0.806. The number of nitrogens with zero attached hydrogens (tertiary/aromatic N) is 1.